The highest BCUT2D eigenvalue weighted by Gasteiger charge is 2.32. The Bertz CT molecular complexity index is 1280. The number of hydrogen-bond acceptors (Lipinski definition) is 4. The average Bonchev–Trinajstić information content (AvgIpc) is 3.18. The summed E-state index contributed by atoms with van der Waals surface area (Å²) in [4.78, 5) is 32.4. The third-order valence-corrected chi connectivity index (χ3v) is 6.98. The van der Waals surface area contributed by atoms with Crippen molar-refractivity contribution < 1.29 is 9.59 Å². The molecule has 0 fully saturated rings. The van der Waals surface area contributed by atoms with Crippen LogP contribution in [-0.4, -0.2) is 22.7 Å². The molecular weight excluding hydrogens is 466 g/mol. The molecule has 0 saturated heterocycles. The Labute approximate surface area is 217 Å². The maximum atomic E-state index is 13.4. The molecule has 1 aliphatic rings. The van der Waals surface area contributed by atoms with Gasteiger partial charge in [0.25, 0.3) is 5.91 Å². The normalized spacial score (nSPS) is 15.4. The summed E-state index contributed by atoms with van der Waals surface area (Å²) in [5.41, 5.74) is 5.38. The van der Waals surface area contributed by atoms with E-state index < -0.39 is 0 Å². The Balaban J connectivity index is 1.54. The van der Waals surface area contributed by atoms with Crippen molar-refractivity contribution in [2.45, 2.75) is 39.7 Å². The lowest BCUT2D eigenvalue weighted by molar-refractivity contribution is -0.119. The fourth-order valence-electron chi connectivity index (χ4n) is 3.89. The summed E-state index contributed by atoms with van der Waals surface area (Å²) in [6, 6.07) is 25.6. The number of amides is 2. The Kier molecular flexibility index (Phi) is 8.06. The zero-order valence-electron chi connectivity index (χ0n) is 21.1. The first-order chi connectivity index (χ1) is 17.3. The number of carbonyl (C=O) groups is 2. The highest BCUT2D eigenvalue weighted by atomic mass is 32.2. The fraction of sp³-hybridized carbons (Fsp3) is 0.233. The second-order valence-corrected chi connectivity index (χ2v) is 10.2. The molecule has 1 N–H and O–H groups in total. The number of rotatable bonds is 7. The number of anilines is 1. The van der Waals surface area contributed by atoms with Gasteiger partial charge in [-0.25, -0.2) is 4.99 Å². The van der Waals surface area contributed by atoms with Crippen LogP contribution in [0.1, 0.15) is 55.0 Å². The standard InChI is InChI=1S/C30H31N3O2S/c1-20(2)24-14-12-23(13-15-24)18-27-29(35)33(26-16-10-21(3)11-17-26)30(32-27)36-19-28(34)31-22(4)25-8-6-5-7-9-25/h5-18,20,22H,19H2,1-4H3,(H,31,34). The van der Waals surface area contributed by atoms with Crippen LogP contribution in [0.4, 0.5) is 5.69 Å². The van der Waals surface area contributed by atoms with Crippen LogP contribution in [0.2, 0.25) is 0 Å². The van der Waals surface area contributed by atoms with Crippen molar-refractivity contribution in [2.75, 3.05) is 10.7 Å². The first-order valence-electron chi connectivity index (χ1n) is 12.1. The van der Waals surface area contributed by atoms with Gasteiger partial charge in [-0.05, 0) is 54.7 Å². The van der Waals surface area contributed by atoms with E-state index in [0.29, 0.717) is 16.8 Å². The molecule has 3 aromatic rings. The van der Waals surface area contributed by atoms with Crippen molar-refractivity contribution in [3.63, 3.8) is 0 Å². The molecule has 4 rings (SSSR count). The van der Waals surface area contributed by atoms with Gasteiger partial charge >= 0.3 is 0 Å². The monoisotopic (exact) mass is 497 g/mol. The van der Waals surface area contributed by atoms with E-state index in [1.54, 1.807) is 11.0 Å². The maximum Gasteiger partial charge on any atom is 0.283 e. The first-order valence-corrected chi connectivity index (χ1v) is 13.1. The van der Waals surface area contributed by atoms with Crippen LogP contribution in [0.5, 0.6) is 0 Å². The van der Waals surface area contributed by atoms with E-state index in [2.05, 4.69) is 36.3 Å². The third-order valence-electron chi connectivity index (χ3n) is 6.04. The topological polar surface area (TPSA) is 61.8 Å². The van der Waals surface area contributed by atoms with Gasteiger partial charge in [0.05, 0.1) is 17.5 Å². The van der Waals surface area contributed by atoms with E-state index in [9.17, 15) is 9.59 Å². The summed E-state index contributed by atoms with van der Waals surface area (Å²) in [7, 11) is 0. The lowest BCUT2D eigenvalue weighted by Gasteiger charge is -2.18. The molecule has 3 aromatic carbocycles. The lowest BCUT2D eigenvalue weighted by atomic mass is 10.0. The van der Waals surface area contributed by atoms with E-state index in [1.807, 2.05) is 80.6 Å². The molecule has 6 heteroatoms. The van der Waals surface area contributed by atoms with E-state index in [0.717, 1.165) is 22.4 Å². The van der Waals surface area contributed by atoms with Crippen molar-refractivity contribution in [3.8, 4) is 0 Å². The van der Waals surface area contributed by atoms with E-state index in [-0.39, 0.29) is 23.6 Å². The minimum Gasteiger partial charge on any atom is -0.349 e. The summed E-state index contributed by atoms with van der Waals surface area (Å²) in [6.45, 7) is 8.26. The van der Waals surface area contributed by atoms with Crippen LogP contribution < -0.4 is 10.2 Å². The zero-order chi connectivity index (χ0) is 25.7. The molecule has 36 heavy (non-hydrogen) atoms. The van der Waals surface area contributed by atoms with Crippen molar-refractivity contribution in [1.82, 2.24) is 5.32 Å². The Morgan fingerprint density at radius 2 is 1.61 bits per heavy atom. The van der Waals surface area contributed by atoms with Crippen LogP contribution in [-0.2, 0) is 9.59 Å². The van der Waals surface area contributed by atoms with Gasteiger partial charge in [-0.3, -0.25) is 14.5 Å². The van der Waals surface area contributed by atoms with Gasteiger partial charge in [0.2, 0.25) is 5.91 Å². The molecule has 0 radical (unpaired) electrons. The number of benzene rings is 3. The SMILES string of the molecule is Cc1ccc(N2C(=O)C(=Cc3ccc(C(C)C)cc3)N=C2SCC(=O)NC(C)c2ccccc2)cc1. The molecule has 1 atom stereocenters. The smallest absolute Gasteiger partial charge is 0.283 e. The Hall–Kier alpha value is -3.64. The van der Waals surface area contributed by atoms with Gasteiger partial charge in [-0.15, -0.1) is 0 Å². The number of amidine groups is 1. The predicted octanol–water partition coefficient (Wildman–Crippen LogP) is 6.47. The van der Waals surface area contributed by atoms with Gasteiger partial charge in [-0.1, -0.05) is 97.9 Å². The molecule has 0 saturated carbocycles. The number of thioether (sulfide) groups is 1. The average molecular weight is 498 g/mol. The van der Waals surface area contributed by atoms with Gasteiger partial charge in [-0.2, -0.15) is 0 Å². The second kappa shape index (κ2) is 11.4. The molecule has 1 heterocycles. The van der Waals surface area contributed by atoms with Gasteiger partial charge in [0, 0.05) is 0 Å². The maximum absolute atomic E-state index is 13.4. The molecule has 1 unspecified atom stereocenters. The van der Waals surface area contributed by atoms with Crippen LogP contribution in [0.25, 0.3) is 6.08 Å². The second-order valence-electron chi connectivity index (χ2n) is 9.21. The summed E-state index contributed by atoms with van der Waals surface area (Å²) in [6.07, 6.45) is 1.80. The molecule has 1 aliphatic heterocycles. The Morgan fingerprint density at radius 3 is 2.25 bits per heavy atom. The molecule has 0 bridgehead atoms. The van der Waals surface area contributed by atoms with Crippen LogP contribution in [0.15, 0.2) is 89.6 Å². The minimum atomic E-state index is -0.202. The zero-order valence-corrected chi connectivity index (χ0v) is 21.9. The highest BCUT2D eigenvalue weighted by Crippen LogP contribution is 2.30. The van der Waals surface area contributed by atoms with Gasteiger partial charge in [0.15, 0.2) is 5.17 Å². The van der Waals surface area contributed by atoms with Crippen molar-refractivity contribution in [3.05, 3.63) is 107 Å². The fourth-order valence-corrected chi connectivity index (χ4v) is 4.71. The number of nitrogens with one attached hydrogen (secondary N) is 1. The van der Waals surface area contributed by atoms with Gasteiger partial charge in [0.1, 0.15) is 5.70 Å². The highest BCUT2D eigenvalue weighted by molar-refractivity contribution is 8.14. The summed E-state index contributed by atoms with van der Waals surface area (Å²) in [5.74, 6) is 0.278. The van der Waals surface area contributed by atoms with Crippen molar-refractivity contribution >= 4 is 40.5 Å². The van der Waals surface area contributed by atoms with E-state index in [1.165, 1.54) is 17.3 Å². The van der Waals surface area contributed by atoms with E-state index in [4.69, 9.17) is 0 Å². The lowest BCUT2D eigenvalue weighted by Crippen LogP contribution is -2.33. The minimum absolute atomic E-state index is 0.107. The number of carbonyl (C=O) groups excluding carboxylic acids is 2. The van der Waals surface area contributed by atoms with Crippen LogP contribution >= 0.6 is 11.8 Å². The van der Waals surface area contributed by atoms with Crippen LogP contribution in [0.3, 0.4) is 0 Å². The van der Waals surface area contributed by atoms with E-state index >= 15 is 0 Å². The molecule has 2 amide bonds. The quantitative estimate of drug-likeness (QED) is 0.381. The molecule has 184 valence electrons. The molecule has 5 nitrogen and oxygen atoms in total. The summed E-state index contributed by atoms with van der Waals surface area (Å²) < 4.78 is 0. The number of aliphatic imine (C=N–C) groups is 1. The third kappa shape index (κ3) is 6.13. The molecule has 0 spiro atoms. The summed E-state index contributed by atoms with van der Waals surface area (Å²) >= 11 is 1.26. The van der Waals surface area contributed by atoms with Crippen molar-refractivity contribution in [1.29, 1.82) is 0 Å². The van der Waals surface area contributed by atoms with Gasteiger partial charge < -0.3 is 5.32 Å². The molecule has 0 aromatic heterocycles. The largest absolute Gasteiger partial charge is 0.349 e. The summed E-state index contributed by atoms with van der Waals surface area (Å²) in [5, 5.41) is 3.52. The molecule has 0 aliphatic carbocycles. The predicted molar refractivity (Wildman–Crippen MR) is 150 cm³/mol. The Morgan fingerprint density at radius 1 is 0.944 bits per heavy atom. The molecular formula is C30H31N3O2S. The van der Waals surface area contributed by atoms with Crippen molar-refractivity contribution in [2.24, 2.45) is 4.99 Å². The number of aryl methyl sites for hydroxylation is 1. The van der Waals surface area contributed by atoms with Crippen LogP contribution in [0, 0.1) is 6.92 Å². The number of hydrogen-bond donors (Lipinski definition) is 1. The number of nitrogens with zero attached hydrogens (tertiary/aromatic N) is 2. The first kappa shape index (κ1) is 25.5.